The van der Waals surface area contributed by atoms with Gasteiger partial charge in [-0.3, -0.25) is 9.59 Å². The maximum atomic E-state index is 13.0. The van der Waals surface area contributed by atoms with Gasteiger partial charge in [0.05, 0.1) is 47.8 Å². The first-order valence-electron chi connectivity index (χ1n) is 11.9. The van der Waals surface area contributed by atoms with Gasteiger partial charge < -0.3 is 5.11 Å². The summed E-state index contributed by atoms with van der Waals surface area (Å²) >= 11 is 0. The van der Waals surface area contributed by atoms with Crippen molar-refractivity contribution in [1.29, 1.82) is 0 Å². The molecule has 5 aromatic rings. The Kier molecular flexibility index (Phi) is 10.3. The van der Waals surface area contributed by atoms with Crippen molar-refractivity contribution in [1.82, 2.24) is 30.0 Å². The Bertz CT molecular complexity index is 1620. The quantitative estimate of drug-likeness (QED) is 0.228. The molecule has 0 amide bonds. The number of benzene rings is 3. The summed E-state index contributed by atoms with van der Waals surface area (Å²) in [5, 5.41) is 25.1. The average molecular weight is 569 g/mol. The predicted molar refractivity (Wildman–Crippen MR) is 140 cm³/mol. The Hall–Kier alpha value is -5.04. The number of carbonyl (C=O) groups excluding carboxylic acids is 2. The molecule has 212 valence electrons. The van der Waals surface area contributed by atoms with E-state index in [-0.39, 0.29) is 22.7 Å². The normalized spacial score (nSPS) is 11.0. The fourth-order valence-electron chi connectivity index (χ4n) is 3.45. The monoisotopic (exact) mass is 568 g/mol. The molecule has 0 radical (unpaired) electrons. The Morgan fingerprint density at radius 1 is 0.659 bits per heavy atom. The molecule has 0 aliphatic heterocycles. The number of aliphatic hydroxyl groups excluding tert-OH is 1. The first kappa shape index (κ1) is 30.5. The van der Waals surface area contributed by atoms with E-state index in [1.165, 1.54) is 84.6 Å². The molecule has 1 atom stereocenters. The lowest BCUT2D eigenvalue weighted by Crippen LogP contribution is -2.06. The van der Waals surface area contributed by atoms with Crippen LogP contribution in [0.1, 0.15) is 53.2 Å². The zero-order valence-corrected chi connectivity index (χ0v) is 22.0. The van der Waals surface area contributed by atoms with E-state index in [9.17, 15) is 32.3 Å². The fourth-order valence-corrected chi connectivity index (χ4v) is 3.45. The van der Waals surface area contributed by atoms with Gasteiger partial charge in [0.1, 0.15) is 23.3 Å². The fraction of sp³-hybridized carbons (Fsp3) is 0.143. The first-order valence-corrected chi connectivity index (χ1v) is 11.9. The van der Waals surface area contributed by atoms with Gasteiger partial charge in [-0.1, -0.05) is 0 Å². The lowest BCUT2D eigenvalue weighted by Gasteiger charge is -2.10. The highest BCUT2D eigenvalue weighted by atomic mass is 19.1. The number of rotatable bonds is 5. The van der Waals surface area contributed by atoms with E-state index < -0.39 is 29.3 Å². The molecule has 0 aliphatic rings. The molecule has 0 saturated heterocycles. The Morgan fingerprint density at radius 2 is 1.07 bits per heavy atom. The number of nitrogens with zero attached hydrogens (tertiary/aromatic N) is 6. The van der Waals surface area contributed by atoms with Crippen LogP contribution in [0, 0.1) is 23.3 Å². The summed E-state index contributed by atoms with van der Waals surface area (Å²) in [4.78, 5) is 24.5. The van der Waals surface area contributed by atoms with Crippen LogP contribution in [-0.2, 0) is 0 Å². The molecule has 9 nitrogen and oxygen atoms in total. The van der Waals surface area contributed by atoms with Crippen molar-refractivity contribution < 1.29 is 32.3 Å². The van der Waals surface area contributed by atoms with Gasteiger partial charge in [-0.25, -0.2) is 17.6 Å². The van der Waals surface area contributed by atoms with Crippen molar-refractivity contribution in [3.05, 3.63) is 119 Å². The van der Waals surface area contributed by atoms with E-state index in [0.717, 1.165) is 18.2 Å². The highest BCUT2D eigenvalue weighted by Crippen LogP contribution is 2.21. The summed E-state index contributed by atoms with van der Waals surface area (Å²) in [7, 11) is 0. The third-order valence-corrected chi connectivity index (χ3v) is 5.35. The largest absolute Gasteiger partial charge is 0.389 e. The number of ketones is 2. The molecule has 0 saturated carbocycles. The van der Waals surface area contributed by atoms with Crippen LogP contribution in [0.4, 0.5) is 17.6 Å². The second-order valence-corrected chi connectivity index (χ2v) is 8.41. The van der Waals surface area contributed by atoms with Crippen molar-refractivity contribution in [2.24, 2.45) is 0 Å². The van der Waals surface area contributed by atoms with Gasteiger partial charge in [0.25, 0.3) is 0 Å². The van der Waals surface area contributed by atoms with Gasteiger partial charge >= 0.3 is 0 Å². The topological polar surface area (TPSA) is 116 Å². The Balaban J connectivity index is 0.000000172. The summed E-state index contributed by atoms with van der Waals surface area (Å²) in [5.41, 5.74) is 1.59. The van der Waals surface area contributed by atoms with Gasteiger partial charge in [-0.15, -0.1) is 0 Å². The molecular weight excluding hydrogens is 544 g/mol. The summed E-state index contributed by atoms with van der Waals surface area (Å²) in [6.07, 6.45) is 5.27. The van der Waals surface area contributed by atoms with E-state index in [2.05, 4.69) is 20.4 Å². The second-order valence-electron chi connectivity index (χ2n) is 8.41. The SMILES string of the molecule is CC(=O)c1cc(F)ccc1-n1nccn1.CC(=O)c1cc(F)ccc1F.CC(O)c1cc(F)ccc1-n1nccn1. The van der Waals surface area contributed by atoms with Gasteiger partial charge in [-0.2, -0.15) is 30.0 Å². The minimum absolute atomic E-state index is 0.204. The number of aromatic nitrogens is 6. The third kappa shape index (κ3) is 8.22. The van der Waals surface area contributed by atoms with Crippen LogP contribution >= 0.6 is 0 Å². The molecule has 5 rings (SSSR count). The van der Waals surface area contributed by atoms with Crippen LogP contribution in [0.2, 0.25) is 0 Å². The number of carbonyl (C=O) groups is 2. The first-order chi connectivity index (χ1) is 19.5. The molecule has 41 heavy (non-hydrogen) atoms. The molecule has 0 aliphatic carbocycles. The van der Waals surface area contributed by atoms with Crippen LogP contribution in [0.15, 0.2) is 79.4 Å². The van der Waals surface area contributed by atoms with E-state index in [1.807, 2.05) is 0 Å². The highest BCUT2D eigenvalue weighted by Gasteiger charge is 2.12. The van der Waals surface area contributed by atoms with Gasteiger partial charge in [0, 0.05) is 11.1 Å². The smallest absolute Gasteiger partial charge is 0.162 e. The lowest BCUT2D eigenvalue weighted by molar-refractivity contribution is 0.100. The zero-order chi connectivity index (χ0) is 30.1. The maximum absolute atomic E-state index is 13.0. The van der Waals surface area contributed by atoms with Crippen LogP contribution in [-0.4, -0.2) is 46.7 Å². The Morgan fingerprint density at radius 3 is 1.54 bits per heavy atom. The molecule has 2 aromatic heterocycles. The zero-order valence-electron chi connectivity index (χ0n) is 22.0. The van der Waals surface area contributed by atoms with Crippen LogP contribution < -0.4 is 0 Å². The molecule has 13 heteroatoms. The third-order valence-electron chi connectivity index (χ3n) is 5.35. The van der Waals surface area contributed by atoms with Crippen molar-refractivity contribution in [3.8, 4) is 11.4 Å². The summed E-state index contributed by atoms with van der Waals surface area (Å²) < 4.78 is 51.0. The van der Waals surface area contributed by atoms with Gasteiger partial charge in [0.15, 0.2) is 11.6 Å². The number of aliphatic hydroxyl groups is 1. The minimum atomic E-state index is -0.762. The number of hydrogen-bond donors (Lipinski definition) is 1. The molecular formula is C28H24F4N6O3. The van der Waals surface area contributed by atoms with Gasteiger partial charge in [-0.05, 0) is 75.4 Å². The van der Waals surface area contributed by atoms with Crippen molar-refractivity contribution >= 4 is 11.6 Å². The molecule has 1 N–H and O–H groups in total. The molecule has 3 aromatic carbocycles. The molecule has 2 heterocycles. The molecule has 0 bridgehead atoms. The molecule has 1 unspecified atom stereocenters. The lowest BCUT2D eigenvalue weighted by atomic mass is 10.1. The van der Waals surface area contributed by atoms with Gasteiger partial charge in [0.2, 0.25) is 0 Å². The second kappa shape index (κ2) is 13.8. The maximum Gasteiger partial charge on any atom is 0.162 e. The molecule has 0 spiro atoms. The van der Waals surface area contributed by atoms with E-state index in [4.69, 9.17) is 0 Å². The van der Waals surface area contributed by atoms with Crippen molar-refractivity contribution in [2.75, 3.05) is 0 Å². The predicted octanol–water partition coefficient (Wildman–Crippen LogP) is 5.24. The van der Waals surface area contributed by atoms with Crippen molar-refractivity contribution in [2.45, 2.75) is 26.9 Å². The summed E-state index contributed by atoms with van der Waals surface area (Å²) in [6, 6.07) is 10.9. The minimum Gasteiger partial charge on any atom is -0.389 e. The highest BCUT2D eigenvalue weighted by molar-refractivity contribution is 5.97. The summed E-state index contributed by atoms with van der Waals surface area (Å²) in [6.45, 7) is 4.14. The van der Waals surface area contributed by atoms with Crippen LogP contribution in [0.25, 0.3) is 11.4 Å². The number of Topliss-reactive ketones (excluding diaryl/α,β-unsaturated/α-hetero) is 2. The number of hydrogen-bond acceptors (Lipinski definition) is 7. The Labute approximate surface area is 231 Å². The van der Waals surface area contributed by atoms with Crippen molar-refractivity contribution in [3.63, 3.8) is 0 Å². The average Bonchev–Trinajstić information content (AvgIpc) is 3.66. The van der Waals surface area contributed by atoms with Crippen LogP contribution in [0.5, 0.6) is 0 Å². The molecule has 0 fully saturated rings. The van der Waals surface area contributed by atoms with E-state index in [1.54, 1.807) is 6.92 Å². The van der Waals surface area contributed by atoms with Crippen LogP contribution in [0.3, 0.4) is 0 Å². The summed E-state index contributed by atoms with van der Waals surface area (Å²) in [5.74, 6) is -2.81. The standard InChI is InChI=1S/C10H10FN3O.C10H8FN3O.C8H6F2O/c2*1-7(15)9-6-8(11)2-3-10(9)14-12-4-5-13-14;1-5(11)7-4-6(9)2-3-8(7)10/h2-7,15H,1H3;2-6H,1H3;2-4H,1H3. The number of halogens is 4. The van der Waals surface area contributed by atoms with E-state index in [0.29, 0.717) is 16.9 Å². The van der Waals surface area contributed by atoms with E-state index >= 15 is 0 Å².